The molecule has 2 aromatic rings. The maximum Gasteiger partial charge on any atom is 0.573 e. The van der Waals surface area contributed by atoms with Gasteiger partial charge in [-0.25, -0.2) is 0 Å². The summed E-state index contributed by atoms with van der Waals surface area (Å²) in [4.78, 5) is 0. The Morgan fingerprint density at radius 2 is 1.94 bits per heavy atom. The second-order valence-corrected chi connectivity index (χ2v) is 2.77. The fourth-order valence-electron chi connectivity index (χ4n) is 1.13. The summed E-state index contributed by atoms with van der Waals surface area (Å²) in [6.45, 7) is 0. The van der Waals surface area contributed by atoms with E-state index in [1.165, 1.54) is 24.5 Å². The zero-order chi connectivity index (χ0) is 11.6. The van der Waals surface area contributed by atoms with Gasteiger partial charge in [-0.3, -0.25) is 0 Å². The summed E-state index contributed by atoms with van der Waals surface area (Å²) in [6.07, 6.45) is -3.57. The van der Waals surface area contributed by atoms with Crippen molar-refractivity contribution in [3.8, 4) is 11.4 Å². The summed E-state index contributed by atoms with van der Waals surface area (Å²) in [5, 5.41) is 10.1. The maximum absolute atomic E-state index is 12.1. The molecule has 0 atom stereocenters. The van der Waals surface area contributed by atoms with Crippen LogP contribution in [0.1, 0.15) is 0 Å². The number of benzene rings is 1. The Balaban J connectivity index is 2.39. The molecule has 0 aliphatic carbocycles. The van der Waals surface area contributed by atoms with E-state index in [4.69, 9.17) is 0 Å². The molecule has 8 heteroatoms. The van der Waals surface area contributed by atoms with E-state index in [2.05, 4.69) is 20.3 Å². The number of ether oxygens (including phenoxy) is 1. The lowest BCUT2D eigenvalue weighted by Crippen LogP contribution is -2.18. The van der Waals surface area contributed by atoms with Crippen molar-refractivity contribution in [1.29, 1.82) is 0 Å². The first-order chi connectivity index (χ1) is 7.56. The molecule has 0 saturated heterocycles. The lowest BCUT2D eigenvalue weighted by atomic mass is 10.3. The van der Waals surface area contributed by atoms with Crippen molar-refractivity contribution < 1.29 is 17.9 Å². The van der Waals surface area contributed by atoms with Crippen molar-refractivity contribution in [1.82, 2.24) is 20.2 Å². The number of aromatic nitrogens is 4. The Bertz CT molecular complexity index is 468. The quantitative estimate of drug-likeness (QED) is 0.785. The highest BCUT2D eigenvalue weighted by Gasteiger charge is 2.32. The molecular weight excluding hydrogens is 225 g/mol. The highest BCUT2D eigenvalue weighted by atomic mass is 19.4. The van der Waals surface area contributed by atoms with Crippen LogP contribution < -0.4 is 4.74 Å². The van der Waals surface area contributed by atoms with E-state index in [0.29, 0.717) is 0 Å². The van der Waals surface area contributed by atoms with E-state index >= 15 is 0 Å². The fraction of sp³-hybridized carbons (Fsp3) is 0.125. The van der Waals surface area contributed by atoms with Gasteiger partial charge < -0.3 is 4.74 Å². The SMILES string of the molecule is FC(F)(F)Oc1ccccc1-n1cnnn1. The molecule has 0 spiro atoms. The molecular formula is C8H5F3N4O. The second-order valence-electron chi connectivity index (χ2n) is 2.77. The van der Waals surface area contributed by atoms with Crippen LogP contribution in [0.5, 0.6) is 5.75 Å². The number of rotatable bonds is 2. The third kappa shape index (κ3) is 2.27. The molecule has 0 saturated carbocycles. The van der Waals surface area contributed by atoms with Crippen molar-refractivity contribution in [3.05, 3.63) is 30.6 Å². The first-order valence-corrected chi connectivity index (χ1v) is 4.14. The average molecular weight is 230 g/mol. The maximum atomic E-state index is 12.1. The van der Waals surface area contributed by atoms with Gasteiger partial charge in [-0.05, 0) is 22.6 Å². The van der Waals surface area contributed by atoms with Gasteiger partial charge in [-0.1, -0.05) is 12.1 Å². The average Bonchev–Trinajstić information content (AvgIpc) is 2.69. The van der Waals surface area contributed by atoms with E-state index in [1.54, 1.807) is 6.07 Å². The normalized spacial score (nSPS) is 11.4. The minimum Gasteiger partial charge on any atom is -0.403 e. The van der Waals surface area contributed by atoms with Gasteiger partial charge in [-0.2, -0.15) is 4.68 Å². The molecule has 5 nitrogen and oxygen atoms in total. The predicted octanol–water partition coefficient (Wildman–Crippen LogP) is 1.56. The minimum absolute atomic E-state index is 0.116. The largest absolute Gasteiger partial charge is 0.573 e. The highest BCUT2D eigenvalue weighted by molar-refractivity contribution is 5.45. The van der Waals surface area contributed by atoms with Crippen LogP contribution in [0.3, 0.4) is 0 Å². The van der Waals surface area contributed by atoms with Crippen LogP contribution in [0.2, 0.25) is 0 Å². The molecule has 0 N–H and O–H groups in total. The van der Waals surface area contributed by atoms with E-state index in [1.807, 2.05) is 0 Å². The fourth-order valence-corrected chi connectivity index (χ4v) is 1.13. The van der Waals surface area contributed by atoms with E-state index in [9.17, 15) is 13.2 Å². The van der Waals surface area contributed by atoms with Crippen LogP contribution in [0.25, 0.3) is 5.69 Å². The summed E-state index contributed by atoms with van der Waals surface area (Å²) < 4.78 is 41.2. The van der Waals surface area contributed by atoms with E-state index in [-0.39, 0.29) is 11.4 Å². The third-order valence-corrected chi connectivity index (χ3v) is 1.69. The molecule has 1 aromatic carbocycles. The second kappa shape index (κ2) is 3.80. The van der Waals surface area contributed by atoms with Gasteiger partial charge in [-0.15, -0.1) is 18.3 Å². The molecule has 1 heterocycles. The van der Waals surface area contributed by atoms with Gasteiger partial charge in [0.25, 0.3) is 0 Å². The Kier molecular flexibility index (Phi) is 2.47. The number of para-hydroxylation sites is 2. The molecule has 0 fully saturated rings. The molecule has 84 valence electrons. The van der Waals surface area contributed by atoms with Crippen LogP contribution in [0, 0.1) is 0 Å². The number of alkyl halides is 3. The summed E-state index contributed by atoms with van der Waals surface area (Å²) in [6, 6.07) is 5.58. The third-order valence-electron chi connectivity index (χ3n) is 1.69. The highest BCUT2D eigenvalue weighted by Crippen LogP contribution is 2.27. The molecule has 0 unspecified atom stereocenters. The smallest absolute Gasteiger partial charge is 0.403 e. The Morgan fingerprint density at radius 3 is 2.56 bits per heavy atom. The molecule has 16 heavy (non-hydrogen) atoms. The topological polar surface area (TPSA) is 52.8 Å². The Hall–Kier alpha value is -2.12. The van der Waals surface area contributed by atoms with Gasteiger partial charge in [0, 0.05) is 0 Å². The van der Waals surface area contributed by atoms with Gasteiger partial charge in [0.2, 0.25) is 0 Å². The minimum atomic E-state index is -4.75. The van der Waals surface area contributed by atoms with Gasteiger partial charge in [0.15, 0.2) is 5.75 Å². The van der Waals surface area contributed by atoms with Gasteiger partial charge >= 0.3 is 6.36 Å². The molecule has 0 radical (unpaired) electrons. The molecule has 2 rings (SSSR count). The number of hydrogen-bond acceptors (Lipinski definition) is 4. The lowest BCUT2D eigenvalue weighted by molar-refractivity contribution is -0.274. The zero-order valence-electron chi connectivity index (χ0n) is 7.72. The van der Waals surface area contributed by atoms with Crippen molar-refractivity contribution in [2.75, 3.05) is 0 Å². The summed E-state index contributed by atoms with van der Waals surface area (Å²) in [5.41, 5.74) is 0.116. The van der Waals surface area contributed by atoms with Crippen LogP contribution >= 0.6 is 0 Å². The van der Waals surface area contributed by atoms with E-state index in [0.717, 1.165) is 4.68 Å². The number of tetrazole rings is 1. The van der Waals surface area contributed by atoms with Crippen LogP contribution in [-0.4, -0.2) is 26.6 Å². The van der Waals surface area contributed by atoms with Crippen LogP contribution in [0.4, 0.5) is 13.2 Å². The van der Waals surface area contributed by atoms with Crippen molar-refractivity contribution >= 4 is 0 Å². The van der Waals surface area contributed by atoms with Crippen molar-refractivity contribution in [2.24, 2.45) is 0 Å². The summed E-state index contributed by atoms with van der Waals surface area (Å²) in [5.74, 6) is -0.359. The monoisotopic (exact) mass is 230 g/mol. The predicted molar refractivity (Wildman–Crippen MR) is 45.8 cm³/mol. The molecule has 0 amide bonds. The number of halogens is 3. The standard InChI is InChI=1S/C8H5F3N4O/c9-8(10,11)16-7-4-2-1-3-6(7)15-5-12-13-14-15/h1-5H. The summed E-state index contributed by atoms with van der Waals surface area (Å²) in [7, 11) is 0. The Labute approximate surface area is 87.4 Å². The van der Waals surface area contributed by atoms with Crippen molar-refractivity contribution in [2.45, 2.75) is 6.36 Å². The van der Waals surface area contributed by atoms with Crippen LogP contribution in [-0.2, 0) is 0 Å². The Morgan fingerprint density at radius 1 is 1.19 bits per heavy atom. The van der Waals surface area contributed by atoms with E-state index < -0.39 is 6.36 Å². The van der Waals surface area contributed by atoms with Crippen LogP contribution in [0.15, 0.2) is 30.6 Å². The van der Waals surface area contributed by atoms with Gasteiger partial charge in [0.1, 0.15) is 12.0 Å². The van der Waals surface area contributed by atoms with Gasteiger partial charge in [0.05, 0.1) is 0 Å². The molecule has 0 aliphatic heterocycles. The van der Waals surface area contributed by atoms with Crippen molar-refractivity contribution in [3.63, 3.8) is 0 Å². The number of hydrogen-bond donors (Lipinski definition) is 0. The molecule has 0 aliphatic rings. The molecule has 1 aromatic heterocycles. The molecule has 0 bridgehead atoms. The first kappa shape index (κ1) is 10.4. The lowest BCUT2D eigenvalue weighted by Gasteiger charge is -2.11. The first-order valence-electron chi connectivity index (χ1n) is 4.14. The zero-order valence-corrected chi connectivity index (χ0v) is 7.72. The summed E-state index contributed by atoms with van der Waals surface area (Å²) >= 11 is 0. The number of nitrogens with zero attached hydrogens (tertiary/aromatic N) is 4.